The Morgan fingerprint density at radius 3 is 2.29 bits per heavy atom. The van der Waals surface area contributed by atoms with E-state index in [2.05, 4.69) is 5.10 Å². The van der Waals surface area contributed by atoms with Crippen molar-refractivity contribution in [1.82, 2.24) is 9.78 Å². The number of carbonyl (C=O) groups is 1. The van der Waals surface area contributed by atoms with Gasteiger partial charge in [0, 0.05) is 6.04 Å². The van der Waals surface area contributed by atoms with E-state index in [0.29, 0.717) is 27.8 Å². The van der Waals surface area contributed by atoms with Crippen LogP contribution in [0.2, 0.25) is 5.02 Å². The van der Waals surface area contributed by atoms with Gasteiger partial charge >= 0.3 is 0 Å². The molecule has 0 fully saturated rings. The topological polar surface area (TPSA) is 53.4 Å². The standard InChI is InChI=1S/C15H17ClN2O3/c1-9(2)18-14(10(16)8-17-18)15(19)13-11(20-3)6-5-7-12(13)21-4/h5-9H,1-4H3. The molecule has 1 aromatic heterocycles. The normalized spacial score (nSPS) is 10.8. The predicted molar refractivity (Wildman–Crippen MR) is 80.6 cm³/mol. The molecule has 0 radical (unpaired) electrons. The number of aromatic nitrogens is 2. The van der Waals surface area contributed by atoms with E-state index < -0.39 is 0 Å². The van der Waals surface area contributed by atoms with E-state index >= 15 is 0 Å². The number of hydrogen-bond donors (Lipinski definition) is 0. The molecule has 0 saturated carbocycles. The first-order valence-corrected chi connectivity index (χ1v) is 6.87. The Morgan fingerprint density at radius 2 is 1.81 bits per heavy atom. The Bertz CT molecular complexity index is 643. The largest absolute Gasteiger partial charge is 0.496 e. The van der Waals surface area contributed by atoms with Crippen LogP contribution in [0.15, 0.2) is 24.4 Å². The zero-order valence-electron chi connectivity index (χ0n) is 12.4. The lowest BCUT2D eigenvalue weighted by Crippen LogP contribution is -2.15. The maximum atomic E-state index is 12.9. The summed E-state index contributed by atoms with van der Waals surface area (Å²) in [5.41, 5.74) is 0.668. The fourth-order valence-electron chi connectivity index (χ4n) is 2.14. The molecule has 6 heteroatoms. The Kier molecular flexibility index (Phi) is 4.53. The summed E-state index contributed by atoms with van der Waals surface area (Å²) in [5, 5.41) is 4.46. The second kappa shape index (κ2) is 6.18. The minimum absolute atomic E-state index is 0.0113. The molecular formula is C15H17ClN2O3. The first-order valence-electron chi connectivity index (χ1n) is 6.50. The van der Waals surface area contributed by atoms with Gasteiger partial charge in [-0.25, -0.2) is 0 Å². The summed E-state index contributed by atoms with van der Waals surface area (Å²) in [6.45, 7) is 3.86. The molecule has 0 saturated heterocycles. The van der Waals surface area contributed by atoms with E-state index in [1.165, 1.54) is 20.4 Å². The molecule has 0 unspecified atom stereocenters. The molecular weight excluding hydrogens is 292 g/mol. The van der Waals surface area contributed by atoms with Crippen molar-refractivity contribution in [1.29, 1.82) is 0 Å². The number of rotatable bonds is 5. The summed E-state index contributed by atoms with van der Waals surface area (Å²) < 4.78 is 12.1. The molecule has 0 aliphatic rings. The molecule has 1 aromatic carbocycles. The zero-order valence-corrected chi connectivity index (χ0v) is 13.1. The molecule has 2 rings (SSSR count). The van der Waals surface area contributed by atoms with Gasteiger partial charge in [-0.05, 0) is 26.0 Å². The van der Waals surface area contributed by atoms with Gasteiger partial charge < -0.3 is 9.47 Å². The van der Waals surface area contributed by atoms with Crippen LogP contribution in [-0.2, 0) is 0 Å². The SMILES string of the molecule is COc1cccc(OC)c1C(=O)c1c(Cl)cnn1C(C)C. The molecule has 0 spiro atoms. The molecule has 0 bridgehead atoms. The summed E-state index contributed by atoms with van der Waals surface area (Å²) in [7, 11) is 3.01. The van der Waals surface area contributed by atoms with Crippen LogP contribution in [0.4, 0.5) is 0 Å². The van der Waals surface area contributed by atoms with Crippen molar-refractivity contribution in [2.75, 3.05) is 14.2 Å². The van der Waals surface area contributed by atoms with Gasteiger partial charge in [0.1, 0.15) is 22.8 Å². The van der Waals surface area contributed by atoms with Gasteiger partial charge in [0.25, 0.3) is 0 Å². The Balaban J connectivity index is 2.63. The molecule has 5 nitrogen and oxygen atoms in total. The molecule has 2 aromatic rings. The Labute approximate surface area is 128 Å². The molecule has 21 heavy (non-hydrogen) atoms. The highest BCUT2D eigenvalue weighted by molar-refractivity contribution is 6.34. The van der Waals surface area contributed by atoms with Crippen LogP contribution in [-0.4, -0.2) is 29.8 Å². The van der Waals surface area contributed by atoms with E-state index in [0.717, 1.165) is 0 Å². The van der Waals surface area contributed by atoms with Gasteiger partial charge in [0.2, 0.25) is 5.78 Å². The summed E-state index contributed by atoms with van der Waals surface area (Å²) >= 11 is 6.14. The van der Waals surface area contributed by atoms with Crippen LogP contribution in [0.3, 0.4) is 0 Å². The third kappa shape index (κ3) is 2.74. The second-order valence-electron chi connectivity index (χ2n) is 4.75. The van der Waals surface area contributed by atoms with Gasteiger partial charge in [0.05, 0.1) is 25.4 Å². The van der Waals surface area contributed by atoms with Crippen LogP contribution < -0.4 is 9.47 Å². The second-order valence-corrected chi connectivity index (χ2v) is 5.15. The van der Waals surface area contributed by atoms with Crippen LogP contribution in [0.25, 0.3) is 0 Å². The maximum absolute atomic E-state index is 12.9. The molecule has 0 N–H and O–H groups in total. The smallest absolute Gasteiger partial charge is 0.220 e. The summed E-state index contributed by atoms with van der Waals surface area (Å²) in [4.78, 5) is 12.9. The summed E-state index contributed by atoms with van der Waals surface area (Å²) in [5.74, 6) is 0.597. The Morgan fingerprint density at radius 1 is 1.24 bits per heavy atom. The van der Waals surface area contributed by atoms with Crippen LogP contribution >= 0.6 is 11.6 Å². The average Bonchev–Trinajstić information content (AvgIpc) is 2.87. The van der Waals surface area contributed by atoms with Crippen molar-refractivity contribution in [3.63, 3.8) is 0 Å². The predicted octanol–water partition coefficient (Wildman–Crippen LogP) is 3.37. The van der Waals surface area contributed by atoms with Gasteiger partial charge in [-0.3, -0.25) is 9.48 Å². The van der Waals surface area contributed by atoms with Crippen LogP contribution in [0.5, 0.6) is 11.5 Å². The fourth-order valence-corrected chi connectivity index (χ4v) is 2.35. The molecule has 0 aliphatic carbocycles. The number of nitrogens with zero attached hydrogens (tertiary/aromatic N) is 2. The number of halogens is 1. The van der Waals surface area contributed by atoms with Crippen molar-refractivity contribution < 1.29 is 14.3 Å². The minimum Gasteiger partial charge on any atom is -0.496 e. The number of hydrogen-bond acceptors (Lipinski definition) is 4. The van der Waals surface area contributed by atoms with Gasteiger partial charge in [-0.2, -0.15) is 5.10 Å². The van der Waals surface area contributed by atoms with Crippen molar-refractivity contribution in [3.05, 3.63) is 40.7 Å². The van der Waals surface area contributed by atoms with E-state index in [4.69, 9.17) is 21.1 Å². The minimum atomic E-state index is -0.277. The third-order valence-electron chi connectivity index (χ3n) is 3.11. The number of methoxy groups -OCH3 is 2. The monoisotopic (exact) mass is 308 g/mol. The maximum Gasteiger partial charge on any atom is 0.220 e. The van der Waals surface area contributed by atoms with Gasteiger partial charge in [-0.15, -0.1) is 0 Å². The molecule has 0 amide bonds. The lowest BCUT2D eigenvalue weighted by atomic mass is 10.1. The first-order chi connectivity index (χ1) is 10.0. The van der Waals surface area contributed by atoms with E-state index in [1.54, 1.807) is 22.9 Å². The lowest BCUT2D eigenvalue weighted by molar-refractivity contribution is 0.102. The quantitative estimate of drug-likeness (QED) is 0.795. The zero-order chi connectivity index (χ0) is 15.6. The number of carbonyl (C=O) groups excluding carboxylic acids is 1. The van der Waals surface area contributed by atoms with Gasteiger partial charge in [0.15, 0.2) is 0 Å². The summed E-state index contributed by atoms with van der Waals surface area (Å²) in [6, 6.07) is 5.19. The molecule has 0 atom stereocenters. The van der Waals surface area contributed by atoms with Gasteiger partial charge in [-0.1, -0.05) is 17.7 Å². The highest BCUT2D eigenvalue weighted by Crippen LogP contribution is 2.33. The van der Waals surface area contributed by atoms with Crippen molar-refractivity contribution in [3.8, 4) is 11.5 Å². The number of ether oxygens (including phenoxy) is 2. The fraction of sp³-hybridized carbons (Fsp3) is 0.333. The highest BCUT2D eigenvalue weighted by atomic mass is 35.5. The van der Waals surface area contributed by atoms with Crippen LogP contribution in [0.1, 0.15) is 35.9 Å². The van der Waals surface area contributed by atoms with Crippen molar-refractivity contribution in [2.45, 2.75) is 19.9 Å². The van der Waals surface area contributed by atoms with E-state index in [9.17, 15) is 4.79 Å². The first kappa shape index (κ1) is 15.4. The molecule has 1 heterocycles. The lowest BCUT2D eigenvalue weighted by Gasteiger charge is -2.14. The van der Waals surface area contributed by atoms with E-state index in [-0.39, 0.29) is 11.8 Å². The van der Waals surface area contributed by atoms with Crippen molar-refractivity contribution in [2.24, 2.45) is 0 Å². The molecule has 0 aliphatic heterocycles. The number of benzene rings is 1. The Hall–Kier alpha value is -2.01. The number of ketones is 1. The summed E-state index contributed by atoms with van der Waals surface area (Å²) in [6.07, 6.45) is 1.47. The molecule has 112 valence electrons. The van der Waals surface area contributed by atoms with E-state index in [1.807, 2.05) is 13.8 Å². The van der Waals surface area contributed by atoms with Crippen LogP contribution in [0, 0.1) is 0 Å². The highest BCUT2D eigenvalue weighted by Gasteiger charge is 2.26. The van der Waals surface area contributed by atoms with Crippen molar-refractivity contribution >= 4 is 17.4 Å². The third-order valence-corrected chi connectivity index (χ3v) is 3.39. The average molecular weight is 309 g/mol.